The summed E-state index contributed by atoms with van der Waals surface area (Å²) in [7, 11) is 0. The molecule has 4 N–H and O–H groups in total. The largest absolute Gasteiger partial charge is 0.409 e. The van der Waals surface area contributed by atoms with Gasteiger partial charge < -0.3 is 16.3 Å². The third-order valence-corrected chi connectivity index (χ3v) is 3.67. The van der Waals surface area contributed by atoms with Crippen molar-refractivity contribution in [3.8, 4) is 0 Å². The van der Waals surface area contributed by atoms with Crippen molar-refractivity contribution >= 4 is 29.2 Å². The monoisotopic (exact) mass is 301 g/mol. The molecule has 0 radical (unpaired) electrons. The Labute approximate surface area is 126 Å². The number of carbonyl (C=O) groups is 1. The highest BCUT2D eigenvalue weighted by Crippen LogP contribution is 2.17. The fourth-order valence-electron chi connectivity index (χ4n) is 1.68. The SMILES string of the molecule is NC(=NO)c1cccc(NC(=O)CSc2ccccc2)c1. The molecule has 5 nitrogen and oxygen atoms in total. The number of anilines is 1. The minimum absolute atomic E-state index is 0.00441. The van der Waals surface area contributed by atoms with Crippen molar-refractivity contribution < 1.29 is 10.0 Å². The molecule has 0 heterocycles. The number of nitrogens with one attached hydrogen (secondary N) is 1. The molecule has 0 fully saturated rings. The number of hydrogen-bond donors (Lipinski definition) is 3. The maximum Gasteiger partial charge on any atom is 0.234 e. The number of thioether (sulfide) groups is 1. The first-order valence-corrected chi connectivity index (χ1v) is 7.23. The maximum absolute atomic E-state index is 11.9. The molecule has 0 saturated carbocycles. The Kier molecular flexibility index (Phi) is 5.22. The van der Waals surface area contributed by atoms with E-state index in [0.717, 1.165) is 4.90 Å². The standard InChI is InChI=1S/C15H15N3O2S/c16-15(18-20)11-5-4-6-12(9-11)17-14(19)10-21-13-7-2-1-3-8-13/h1-9,20H,10H2,(H2,16,18)(H,17,19). The second kappa shape index (κ2) is 7.35. The molecule has 0 atom stereocenters. The third-order valence-electron chi connectivity index (χ3n) is 2.66. The van der Waals surface area contributed by atoms with Crippen LogP contribution in [0.4, 0.5) is 5.69 Å². The number of amidine groups is 1. The first-order chi connectivity index (χ1) is 10.2. The zero-order chi connectivity index (χ0) is 15.1. The van der Waals surface area contributed by atoms with Gasteiger partial charge in [0.15, 0.2) is 5.84 Å². The van der Waals surface area contributed by atoms with Crippen molar-refractivity contribution in [2.24, 2.45) is 10.9 Å². The molecule has 0 aliphatic heterocycles. The molecule has 0 saturated heterocycles. The average molecular weight is 301 g/mol. The van der Waals surface area contributed by atoms with Crippen LogP contribution in [0.1, 0.15) is 5.56 Å². The van der Waals surface area contributed by atoms with Gasteiger partial charge in [-0.2, -0.15) is 0 Å². The van der Waals surface area contributed by atoms with Gasteiger partial charge in [-0.25, -0.2) is 0 Å². The molecular formula is C15H15N3O2S. The third kappa shape index (κ3) is 4.54. The van der Waals surface area contributed by atoms with Gasteiger partial charge in [0.25, 0.3) is 0 Å². The number of benzene rings is 2. The van der Waals surface area contributed by atoms with Crippen molar-refractivity contribution in [2.45, 2.75) is 4.90 Å². The predicted molar refractivity (Wildman–Crippen MR) is 84.7 cm³/mol. The summed E-state index contributed by atoms with van der Waals surface area (Å²) in [6.07, 6.45) is 0. The highest BCUT2D eigenvalue weighted by molar-refractivity contribution is 8.00. The molecule has 6 heteroatoms. The molecule has 2 aromatic carbocycles. The van der Waals surface area contributed by atoms with Gasteiger partial charge in [0, 0.05) is 16.1 Å². The molecule has 108 valence electrons. The van der Waals surface area contributed by atoms with E-state index in [4.69, 9.17) is 10.9 Å². The van der Waals surface area contributed by atoms with Crippen LogP contribution in [0, 0.1) is 0 Å². The lowest BCUT2D eigenvalue weighted by Crippen LogP contribution is -2.16. The zero-order valence-corrected chi connectivity index (χ0v) is 12.0. The molecule has 0 unspecified atom stereocenters. The molecule has 21 heavy (non-hydrogen) atoms. The average Bonchev–Trinajstić information content (AvgIpc) is 2.53. The van der Waals surface area contributed by atoms with E-state index in [-0.39, 0.29) is 11.7 Å². The Morgan fingerprint density at radius 1 is 1.19 bits per heavy atom. The summed E-state index contributed by atoms with van der Waals surface area (Å²) in [5.41, 5.74) is 6.67. The molecule has 2 aromatic rings. The van der Waals surface area contributed by atoms with Crippen molar-refractivity contribution in [2.75, 3.05) is 11.1 Å². The van der Waals surface area contributed by atoms with Gasteiger partial charge in [0.1, 0.15) is 0 Å². The van der Waals surface area contributed by atoms with Crippen LogP contribution in [-0.4, -0.2) is 22.7 Å². The number of nitrogens with zero attached hydrogens (tertiary/aromatic N) is 1. The van der Waals surface area contributed by atoms with Crippen LogP contribution in [0.3, 0.4) is 0 Å². The van der Waals surface area contributed by atoms with Crippen LogP contribution < -0.4 is 11.1 Å². The highest BCUT2D eigenvalue weighted by atomic mass is 32.2. The minimum atomic E-state index is -0.111. The van der Waals surface area contributed by atoms with Gasteiger partial charge in [-0.15, -0.1) is 11.8 Å². The Bertz CT molecular complexity index is 644. The first kappa shape index (κ1) is 14.9. The van der Waals surface area contributed by atoms with Gasteiger partial charge in [-0.3, -0.25) is 4.79 Å². The Morgan fingerprint density at radius 2 is 1.95 bits per heavy atom. The molecule has 0 bridgehead atoms. The smallest absolute Gasteiger partial charge is 0.234 e. The van der Waals surface area contributed by atoms with E-state index in [2.05, 4.69) is 10.5 Å². The summed E-state index contributed by atoms with van der Waals surface area (Å²) < 4.78 is 0. The Morgan fingerprint density at radius 3 is 2.67 bits per heavy atom. The van der Waals surface area contributed by atoms with Gasteiger partial charge in [0.2, 0.25) is 5.91 Å². The van der Waals surface area contributed by atoms with Crippen molar-refractivity contribution in [3.05, 3.63) is 60.2 Å². The van der Waals surface area contributed by atoms with Crippen LogP contribution >= 0.6 is 11.8 Å². The lowest BCUT2D eigenvalue weighted by molar-refractivity contribution is -0.113. The second-order valence-electron chi connectivity index (χ2n) is 4.22. The van der Waals surface area contributed by atoms with Gasteiger partial charge in [-0.05, 0) is 24.3 Å². The minimum Gasteiger partial charge on any atom is -0.409 e. The number of hydrogen-bond acceptors (Lipinski definition) is 4. The van der Waals surface area contributed by atoms with Crippen LogP contribution in [-0.2, 0) is 4.79 Å². The summed E-state index contributed by atoms with van der Waals surface area (Å²) in [5.74, 6) is 0.211. The van der Waals surface area contributed by atoms with E-state index in [1.807, 2.05) is 30.3 Å². The number of oxime groups is 1. The molecule has 0 aliphatic rings. The van der Waals surface area contributed by atoms with Crippen molar-refractivity contribution in [1.82, 2.24) is 0 Å². The van der Waals surface area contributed by atoms with E-state index in [1.54, 1.807) is 24.3 Å². The fourth-order valence-corrected chi connectivity index (χ4v) is 2.40. The van der Waals surface area contributed by atoms with Gasteiger partial charge in [-0.1, -0.05) is 35.5 Å². The Balaban J connectivity index is 1.94. The summed E-state index contributed by atoms with van der Waals surface area (Å²) in [5, 5.41) is 14.4. The normalized spacial score (nSPS) is 11.1. The molecule has 0 aromatic heterocycles. The van der Waals surface area contributed by atoms with E-state index >= 15 is 0 Å². The van der Waals surface area contributed by atoms with Crippen LogP contribution in [0.25, 0.3) is 0 Å². The summed E-state index contributed by atoms with van der Waals surface area (Å²) >= 11 is 1.46. The molecule has 0 aliphatic carbocycles. The molecule has 1 amide bonds. The summed E-state index contributed by atoms with van der Waals surface area (Å²) in [4.78, 5) is 12.9. The first-order valence-electron chi connectivity index (χ1n) is 6.24. The second-order valence-corrected chi connectivity index (χ2v) is 5.26. The number of carbonyl (C=O) groups excluding carboxylic acids is 1. The summed E-state index contributed by atoms with van der Waals surface area (Å²) in [6.45, 7) is 0. The quantitative estimate of drug-likeness (QED) is 0.260. The van der Waals surface area contributed by atoms with Gasteiger partial charge in [0.05, 0.1) is 5.75 Å². The van der Waals surface area contributed by atoms with Crippen LogP contribution in [0.15, 0.2) is 64.6 Å². The van der Waals surface area contributed by atoms with Crippen LogP contribution in [0.2, 0.25) is 0 Å². The van der Waals surface area contributed by atoms with E-state index in [1.165, 1.54) is 11.8 Å². The molecule has 2 rings (SSSR count). The maximum atomic E-state index is 11.9. The van der Waals surface area contributed by atoms with E-state index < -0.39 is 0 Å². The van der Waals surface area contributed by atoms with Gasteiger partial charge >= 0.3 is 0 Å². The topological polar surface area (TPSA) is 87.7 Å². The predicted octanol–water partition coefficient (Wildman–Crippen LogP) is 2.51. The lowest BCUT2D eigenvalue weighted by atomic mass is 10.2. The summed E-state index contributed by atoms with van der Waals surface area (Å²) in [6, 6.07) is 16.5. The van der Waals surface area contributed by atoms with E-state index in [0.29, 0.717) is 17.0 Å². The Hall–Kier alpha value is -2.47. The molecular weight excluding hydrogens is 286 g/mol. The number of amides is 1. The number of nitrogens with two attached hydrogens (primary N) is 1. The van der Waals surface area contributed by atoms with Crippen LogP contribution in [0.5, 0.6) is 0 Å². The fraction of sp³-hybridized carbons (Fsp3) is 0.0667. The highest BCUT2D eigenvalue weighted by Gasteiger charge is 2.05. The molecule has 0 spiro atoms. The van der Waals surface area contributed by atoms with Crippen molar-refractivity contribution in [1.29, 1.82) is 0 Å². The van der Waals surface area contributed by atoms with E-state index in [9.17, 15) is 4.79 Å². The zero-order valence-electron chi connectivity index (χ0n) is 11.2. The van der Waals surface area contributed by atoms with Crippen molar-refractivity contribution in [3.63, 3.8) is 0 Å². The number of rotatable bonds is 5. The lowest BCUT2D eigenvalue weighted by Gasteiger charge is -2.07.